The van der Waals surface area contributed by atoms with Crippen molar-refractivity contribution in [1.29, 1.82) is 0 Å². The quantitative estimate of drug-likeness (QED) is 0.299. The summed E-state index contributed by atoms with van der Waals surface area (Å²) in [7, 11) is 0. The van der Waals surface area contributed by atoms with Gasteiger partial charge in [0.1, 0.15) is 11.5 Å². The Morgan fingerprint density at radius 3 is 2.61 bits per heavy atom. The Hall–Kier alpha value is -3.78. The predicted octanol–water partition coefficient (Wildman–Crippen LogP) is 5.07. The van der Waals surface area contributed by atoms with Crippen molar-refractivity contribution in [2.75, 3.05) is 0 Å². The van der Waals surface area contributed by atoms with Crippen LogP contribution < -0.4 is 5.32 Å². The van der Waals surface area contributed by atoms with Crippen molar-refractivity contribution >= 4 is 5.69 Å². The molecule has 2 aromatic heterocycles. The number of nitrogens with zero attached hydrogens (tertiary/aromatic N) is 3. The van der Waals surface area contributed by atoms with Gasteiger partial charge in [0.05, 0.1) is 23.1 Å². The zero-order chi connectivity index (χ0) is 21.6. The fourth-order valence-electron chi connectivity index (χ4n) is 3.37. The van der Waals surface area contributed by atoms with Gasteiger partial charge in [-0.2, -0.15) is 4.98 Å². The van der Waals surface area contributed by atoms with Crippen molar-refractivity contribution in [3.63, 3.8) is 0 Å². The van der Waals surface area contributed by atoms with Crippen LogP contribution >= 0.6 is 0 Å². The summed E-state index contributed by atoms with van der Waals surface area (Å²) in [5.41, 5.74) is 1.45. The Bertz CT molecular complexity index is 1150. The number of nitrogens with one attached hydrogen (secondary N) is 1. The minimum absolute atomic E-state index is 0.00812. The number of furan rings is 1. The molecule has 2 aromatic carbocycles. The summed E-state index contributed by atoms with van der Waals surface area (Å²) < 4.78 is 11.3. The lowest BCUT2D eigenvalue weighted by molar-refractivity contribution is -0.384. The van der Waals surface area contributed by atoms with Gasteiger partial charge in [-0.1, -0.05) is 54.5 Å². The van der Waals surface area contributed by atoms with Crippen molar-refractivity contribution in [2.24, 2.45) is 0 Å². The van der Waals surface area contributed by atoms with Crippen LogP contribution in [0.5, 0.6) is 0 Å². The number of nitro groups is 1. The maximum atomic E-state index is 11.3. The number of hydrogen-bond donors (Lipinski definition) is 1. The second-order valence-electron chi connectivity index (χ2n) is 7.06. The van der Waals surface area contributed by atoms with E-state index in [0.717, 1.165) is 18.4 Å². The molecule has 158 valence electrons. The van der Waals surface area contributed by atoms with Crippen molar-refractivity contribution in [3.8, 4) is 11.3 Å². The summed E-state index contributed by atoms with van der Waals surface area (Å²) in [5, 5.41) is 18.9. The molecule has 8 heteroatoms. The van der Waals surface area contributed by atoms with Gasteiger partial charge in [-0.15, -0.1) is 0 Å². The fraction of sp³-hybridized carbons (Fsp3) is 0.217. The van der Waals surface area contributed by atoms with Crippen LogP contribution in [0.3, 0.4) is 0 Å². The Balaban J connectivity index is 1.55. The van der Waals surface area contributed by atoms with E-state index >= 15 is 0 Å². The SMILES string of the molecule is CCCc1nc(C(NCc2ccc(-c3ccccc3[N+](=O)[O-])o2)c2ccccc2)no1. The van der Waals surface area contributed by atoms with Gasteiger partial charge in [-0.05, 0) is 30.2 Å². The van der Waals surface area contributed by atoms with E-state index in [0.29, 0.717) is 35.3 Å². The topological polar surface area (TPSA) is 107 Å². The van der Waals surface area contributed by atoms with Gasteiger partial charge in [-0.3, -0.25) is 15.4 Å². The average Bonchev–Trinajstić information content (AvgIpc) is 3.45. The second kappa shape index (κ2) is 9.36. The standard InChI is InChI=1S/C23H22N4O4/c1-2-8-21-25-23(26-31-21)22(16-9-4-3-5-10-16)24-15-17-13-14-20(30-17)18-11-6-7-12-19(18)27(28)29/h3-7,9-14,22,24H,2,8,15H2,1H3. The van der Waals surface area contributed by atoms with E-state index < -0.39 is 4.92 Å². The number of aromatic nitrogens is 2. The molecule has 0 fully saturated rings. The number of hydrogen-bond acceptors (Lipinski definition) is 7. The third-order valence-electron chi connectivity index (χ3n) is 4.85. The lowest BCUT2D eigenvalue weighted by Crippen LogP contribution is -2.23. The van der Waals surface area contributed by atoms with Crippen molar-refractivity contribution in [2.45, 2.75) is 32.4 Å². The van der Waals surface area contributed by atoms with Crippen molar-refractivity contribution < 1.29 is 13.9 Å². The normalized spacial score (nSPS) is 12.0. The molecule has 0 saturated carbocycles. The van der Waals surface area contributed by atoms with Crippen molar-refractivity contribution in [3.05, 3.63) is 99.9 Å². The lowest BCUT2D eigenvalue weighted by Gasteiger charge is -2.15. The molecule has 0 bridgehead atoms. The van der Waals surface area contributed by atoms with E-state index in [4.69, 9.17) is 8.94 Å². The molecular formula is C23H22N4O4. The highest BCUT2D eigenvalue weighted by Crippen LogP contribution is 2.31. The first-order valence-electron chi connectivity index (χ1n) is 10.1. The van der Waals surface area contributed by atoms with Gasteiger partial charge in [-0.25, -0.2) is 0 Å². The largest absolute Gasteiger partial charge is 0.459 e. The molecule has 8 nitrogen and oxygen atoms in total. The third kappa shape index (κ3) is 4.70. The molecule has 1 unspecified atom stereocenters. The first-order chi connectivity index (χ1) is 15.2. The van der Waals surface area contributed by atoms with E-state index in [1.807, 2.05) is 30.3 Å². The molecular weight excluding hydrogens is 396 g/mol. The lowest BCUT2D eigenvalue weighted by atomic mass is 10.1. The molecule has 31 heavy (non-hydrogen) atoms. The molecule has 4 rings (SSSR count). The zero-order valence-electron chi connectivity index (χ0n) is 17.0. The highest BCUT2D eigenvalue weighted by molar-refractivity contribution is 5.69. The third-order valence-corrected chi connectivity index (χ3v) is 4.85. The molecule has 0 aliphatic rings. The highest BCUT2D eigenvalue weighted by Gasteiger charge is 2.21. The summed E-state index contributed by atoms with van der Waals surface area (Å²) in [6.45, 7) is 2.44. The number of para-hydroxylation sites is 1. The van der Waals surface area contributed by atoms with Crippen LogP contribution in [0, 0.1) is 10.1 Å². The summed E-state index contributed by atoms with van der Waals surface area (Å²) in [6, 6.07) is 19.6. The van der Waals surface area contributed by atoms with E-state index in [2.05, 4.69) is 22.4 Å². The number of aryl methyl sites for hydroxylation is 1. The molecule has 4 aromatic rings. The minimum Gasteiger partial charge on any atom is -0.459 e. The van der Waals surface area contributed by atoms with Gasteiger partial charge in [0.15, 0.2) is 5.82 Å². The van der Waals surface area contributed by atoms with E-state index in [-0.39, 0.29) is 11.7 Å². The summed E-state index contributed by atoms with van der Waals surface area (Å²) in [6.07, 6.45) is 1.65. The number of benzene rings is 2. The Morgan fingerprint density at radius 1 is 1.06 bits per heavy atom. The molecule has 0 saturated heterocycles. The van der Waals surface area contributed by atoms with Gasteiger partial charge in [0.2, 0.25) is 5.89 Å². The molecule has 1 atom stereocenters. The molecule has 0 radical (unpaired) electrons. The average molecular weight is 418 g/mol. The van der Waals surface area contributed by atoms with Crippen LogP contribution in [-0.4, -0.2) is 15.1 Å². The highest BCUT2D eigenvalue weighted by atomic mass is 16.6. The van der Waals surface area contributed by atoms with Gasteiger partial charge < -0.3 is 8.94 Å². The maximum absolute atomic E-state index is 11.3. The molecule has 0 aliphatic carbocycles. The molecule has 0 amide bonds. The molecule has 2 heterocycles. The van der Waals surface area contributed by atoms with Crippen LogP contribution in [0.4, 0.5) is 5.69 Å². The summed E-state index contributed by atoms with van der Waals surface area (Å²) in [5.74, 6) is 2.26. The number of nitro benzene ring substituents is 1. The van der Waals surface area contributed by atoms with Crippen LogP contribution in [0.2, 0.25) is 0 Å². The van der Waals surface area contributed by atoms with E-state index in [1.54, 1.807) is 30.3 Å². The van der Waals surface area contributed by atoms with Crippen LogP contribution in [0.15, 0.2) is 75.7 Å². The monoisotopic (exact) mass is 418 g/mol. The first kappa shape index (κ1) is 20.5. The van der Waals surface area contributed by atoms with E-state index in [9.17, 15) is 10.1 Å². The van der Waals surface area contributed by atoms with Crippen LogP contribution in [0.25, 0.3) is 11.3 Å². The van der Waals surface area contributed by atoms with Crippen molar-refractivity contribution in [1.82, 2.24) is 15.5 Å². The first-order valence-corrected chi connectivity index (χ1v) is 10.1. The number of rotatable bonds is 9. The zero-order valence-corrected chi connectivity index (χ0v) is 17.0. The fourth-order valence-corrected chi connectivity index (χ4v) is 3.37. The Morgan fingerprint density at radius 2 is 1.84 bits per heavy atom. The van der Waals surface area contributed by atoms with Gasteiger partial charge >= 0.3 is 0 Å². The van der Waals surface area contributed by atoms with Crippen LogP contribution in [0.1, 0.15) is 42.4 Å². The maximum Gasteiger partial charge on any atom is 0.280 e. The smallest absolute Gasteiger partial charge is 0.280 e. The summed E-state index contributed by atoms with van der Waals surface area (Å²) >= 11 is 0. The Kier molecular flexibility index (Phi) is 6.18. The van der Waals surface area contributed by atoms with Gasteiger partial charge in [0.25, 0.3) is 5.69 Å². The predicted molar refractivity (Wildman–Crippen MR) is 114 cm³/mol. The minimum atomic E-state index is -0.411. The molecule has 0 spiro atoms. The van der Waals surface area contributed by atoms with E-state index in [1.165, 1.54) is 6.07 Å². The Labute approximate surface area is 179 Å². The molecule has 0 aliphatic heterocycles. The molecule has 1 N–H and O–H groups in total. The van der Waals surface area contributed by atoms with Gasteiger partial charge in [0, 0.05) is 12.5 Å². The summed E-state index contributed by atoms with van der Waals surface area (Å²) in [4.78, 5) is 15.4. The van der Waals surface area contributed by atoms with Crippen LogP contribution in [-0.2, 0) is 13.0 Å². The second-order valence-corrected chi connectivity index (χ2v) is 7.06.